The van der Waals surface area contributed by atoms with Crippen molar-refractivity contribution < 1.29 is 4.79 Å². The summed E-state index contributed by atoms with van der Waals surface area (Å²) in [5, 5.41) is 0.664. The predicted octanol–water partition coefficient (Wildman–Crippen LogP) is 4.56. The average molecular weight is 265 g/mol. The minimum Gasteiger partial charge on any atom is -0.289 e. The second-order valence-corrected chi connectivity index (χ2v) is 6.01. The maximum atomic E-state index is 12.4. The van der Waals surface area contributed by atoms with Gasteiger partial charge in [0.15, 0.2) is 5.78 Å². The van der Waals surface area contributed by atoms with Gasteiger partial charge >= 0.3 is 0 Å². The summed E-state index contributed by atoms with van der Waals surface area (Å²) in [7, 11) is 0. The van der Waals surface area contributed by atoms with E-state index in [0.717, 1.165) is 26.4 Å². The van der Waals surface area contributed by atoms with Crippen molar-refractivity contribution in [3.8, 4) is 0 Å². The van der Waals surface area contributed by atoms with Gasteiger partial charge in [-0.3, -0.25) is 4.79 Å². The largest absolute Gasteiger partial charge is 0.289 e. The van der Waals surface area contributed by atoms with Crippen molar-refractivity contribution in [3.63, 3.8) is 0 Å². The molecule has 0 N–H and O–H groups in total. The summed E-state index contributed by atoms with van der Waals surface area (Å²) in [5.41, 5.74) is 2.46. The van der Waals surface area contributed by atoms with Crippen molar-refractivity contribution >= 4 is 28.7 Å². The van der Waals surface area contributed by atoms with E-state index in [1.54, 1.807) is 23.5 Å². The van der Waals surface area contributed by atoms with Gasteiger partial charge in [-0.25, -0.2) is 0 Å². The van der Waals surface area contributed by atoms with Crippen LogP contribution in [0.3, 0.4) is 0 Å². The minimum absolute atomic E-state index is 0.0843. The highest BCUT2D eigenvalue weighted by molar-refractivity contribution is 7.12. The maximum absolute atomic E-state index is 12.4. The first-order valence-electron chi connectivity index (χ1n) is 5.37. The van der Waals surface area contributed by atoms with Crippen molar-refractivity contribution in [1.82, 2.24) is 0 Å². The normalized spacial score (nSPS) is 10.6. The van der Waals surface area contributed by atoms with Gasteiger partial charge in [0.25, 0.3) is 0 Å². The van der Waals surface area contributed by atoms with Gasteiger partial charge in [-0.15, -0.1) is 11.3 Å². The van der Waals surface area contributed by atoms with E-state index in [2.05, 4.69) is 0 Å². The molecule has 2 rings (SSSR count). The van der Waals surface area contributed by atoms with Crippen LogP contribution in [0.5, 0.6) is 0 Å². The summed E-state index contributed by atoms with van der Waals surface area (Å²) in [6.07, 6.45) is 0. The van der Waals surface area contributed by atoms with Crippen molar-refractivity contribution in [3.05, 3.63) is 55.7 Å². The molecule has 0 bridgehead atoms. The molecule has 1 nitrogen and oxygen atoms in total. The van der Waals surface area contributed by atoms with Crippen LogP contribution in [-0.4, -0.2) is 5.78 Å². The summed E-state index contributed by atoms with van der Waals surface area (Å²) in [6.45, 7) is 5.91. The van der Waals surface area contributed by atoms with Crippen molar-refractivity contribution in [1.29, 1.82) is 0 Å². The molecule has 0 amide bonds. The summed E-state index contributed by atoms with van der Waals surface area (Å²) in [6, 6.07) is 7.34. The number of hydrogen-bond donors (Lipinski definition) is 0. The van der Waals surface area contributed by atoms with Gasteiger partial charge < -0.3 is 0 Å². The van der Waals surface area contributed by atoms with E-state index in [4.69, 9.17) is 11.6 Å². The van der Waals surface area contributed by atoms with Crippen LogP contribution in [0.2, 0.25) is 5.02 Å². The molecule has 0 aliphatic carbocycles. The first-order chi connectivity index (χ1) is 7.99. The van der Waals surface area contributed by atoms with Gasteiger partial charge in [0, 0.05) is 25.9 Å². The summed E-state index contributed by atoms with van der Waals surface area (Å²) in [5.74, 6) is 0.0843. The Morgan fingerprint density at radius 2 is 1.82 bits per heavy atom. The molecule has 17 heavy (non-hydrogen) atoms. The molecule has 1 heterocycles. The van der Waals surface area contributed by atoms with Gasteiger partial charge in [-0.2, -0.15) is 0 Å². The topological polar surface area (TPSA) is 17.1 Å². The lowest BCUT2D eigenvalue weighted by Crippen LogP contribution is -2.03. The van der Waals surface area contributed by atoms with E-state index in [1.165, 1.54) is 0 Å². The fourth-order valence-corrected chi connectivity index (χ4v) is 3.03. The first-order valence-corrected chi connectivity index (χ1v) is 6.56. The Morgan fingerprint density at radius 1 is 1.12 bits per heavy atom. The Bertz CT molecular complexity index is 584. The van der Waals surface area contributed by atoms with Gasteiger partial charge in [0.2, 0.25) is 0 Å². The first kappa shape index (κ1) is 12.3. The third-order valence-electron chi connectivity index (χ3n) is 2.72. The SMILES string of the molecule is Cc1cc(C(=O)c2ccc(Cl)cc2C)c(C)s1. The van der Waals surface area contributed by atoms with Crippen molar-refractivity contribution in [2.24, 2.45) is 0 Å². The lowest BCUT2D eigenvalue weighted by molar-refractivity contribution is 0.103. The number of aryl methyl sites for hydroxylation is 3. The van der Waals surface area contributed by atoms with E-state index in [0.29, 0.717) is 5.02 Å². The Kier molecular flexibility index (Phi) is 3.36. The molecule has 1 aromatic carbocycles. The third kappa shape index (κ3) is 2.43. The van der Waals surface area contributed by atoms with Crippen LogP contribution < -0.4 is 0 Å². The van der Waals surface area contributed by atoms with E-state index < -0.39 is 0 Å². The summed E-state index contributed by atoms with van der Waals surface area (Å²) in [4.78, 5) is 14.6. The number of hydrogen-bond acceptors (Lipinski definition) is 2. The van der Waals surface area contributed by atoms with Crippen LogP contribution in [-0.2, 0) is 0 Å². The molecule has 2 aromatic rings. The molecule has 1 aromatic heterocycles. The van der Waals surface area contributed by atoms with Gasteiger partial charge in [0.1, 0.15) is 0 Å². The smallest absolute Gasteiger partial charge is 0.194 e. The summed E-state index contributed by atoms with van der Waals surface area (Å²) < 4.78 is 0. The van der Waals surface area contributed by atoms with Crippen LogP contribution in [0.15, 0.2) is 24.3 Å². The number of benzene rings is 1. The van der Waals surface area contributed by atoms with Crippen molar-refractivity contribution in [2.45, 2.75) is 20.8 Å². The Hall–Kier alpha value is -1.12. The number of rotatable bonds is 2. The molecular weight excluding hydrogens is 252 g/mol. The predicted molar refractivity (Wildman–Crippen MR) is 73.4 cm³/mol. The van der Waals surface area contributed by atoms with Gasteiger partial charge in [0.05, 0.1) is 0 Å². The highest BCUT2D eigenvalue weighted by atomic mass is 35.5. The number of thiophene rings is 1. The zero-order valence-electron chi connectivity index (χ0n) is 10.0. The van der Waals surface area contributed by atoms with E-state index in [1.807, 2.05) is 32.9 Å². The number of carbonyl (C=O) groups is 1. The lowest BCUT2D eigenvalue weighted by atomic mass is 9.99. The van der Waals surface area contributed by atoms with Crippen LogP contribution in [0.4, 0.5) is 0 Å². The molecule has 0 unspecified atom stereocenters. The van der Waals surface area contributed by atoms with Crippen LogP contribution in [0, 0.1) is 20.8 Å². The zero-order chi connectivity index (χ0) is 12.6. The Labute approximate surface area is 110 Å². The molecule has 0 saturated carbocycles. The number of ketones is 1. The van der Waals surface area contributed by atoms with Crippen molar-refractivity contribution in [2.75, 3.05) is 0 Å². The second kappa shape index (κ2) is 4.63. The molecule has 0 aliphatic heterocycles. The third-order valence-corrected chi connectivity index (χ3v) is 3.92. The molecule has 0 radical (unpaired) electrons. The fourth-order valence-electron chi connectivity index (χ4n) is 1.88. The van der Waals surface area contributed by atoms with E-state index >= 15 is 0 Å². The summed E-state index contributed by atoms with van der Waals surface area (Å²) >= 11 is 7.55. The highest BCUT2D eigenvalue weighted by Gasteiger charge is 2.15. The minimum atomic E-state index is 0.0843. The number of carbonyl (C=O) groups excluding carboxylic acids is 1. The average Bonchev–Trinajstić information content (AvgIpc) is 2.57. The number of halogens is 1. The molecule has 0 fully saturated rings. The monoisotopic (exact) mass is 264 g/mol. The molecular formula is C14H13ClOS. The molecule has 0 aliphatic rings. The quantitative estimate of drug-likeness (QED) is 0.727. The van der Waals surface area contributed by atoms with E-state index in [-0.39, 0.29) is 5.78 Å². The Morgan fingerprint density at radius 3 is 2.35 bits per heavy atom. The standard InChI is InChI=1S/C14H13ClOS/c1-8-6-11(15)4-5-12(8)14(16)13-7-9(2)17-10(13)3/h4-7H,1-3H3. The maximum Gasteiger partial charge on any atom is 0.194 e. The molecule has 3 heteroatoms. The van der Waals surface area contributed by atoms with Crippen LogP contribution >= 0.6 is 22.9 Å². The fraction of sp³-hybridized carbons (Fsp3) is 0.214. The lowest BCUT2D eigenvalue weighted by Gasteiger charge is -2.04. The molecule has 0 saturated heterocycles. The molecule has 0 atom stereocenters. The zero-order valence-corrected chi connectivity index (χ0v) is 11.6. The van der Waals surface area contributed by atoms with E-state index in [9.17, 15) is 4.79 Å². The Balaban J connectivity index is 2.47. The second-order valence-electron chi connectivity index (χ2n) is 4.12. The van der Waals surface area contributed by atoms with Gasteiger partial charge in [-0.1, -0.05) is 11.6 Å². The molecule has 88 valence electrons. The van der Waals surface area contributed by atoms with Gasteiger partial charge in [-0.05, 0) is 50.6 Å². The highest BCUT2D eigenvalue weighted by Crippen LogP contribution is 2.25. The van der Waals surface area contributed by atoms with Crippen LogP contribution in [0.1, 0.15) is 31.2 Å². The van der Waals surface area contributed by atoms with Crippen LogP contribution in [0.25, 0.3) is 0 Å². The molecule has 0 spiro atoms.